The normalized spacial score (nSPS) is 10.1. The van der Waals surface area contributed by atoms with Crippen LogP contribution in [0.25, 0.3) is 0 Å². The predicted molar refractivity (Wildman–Crippen MR) is 63.9 cm³/mol. The molecule has 1 aromatic rings. The van der Waals surface area contributed by atoms with Crippen molar-refractivity contribution >= 4 is 17.6 Å². The summed E-state index contributed by atoms with van der Waals surface area (Å²) in [6, 6.07) is 1.53. The lowest BCUT2D eigenvalue weighted by Gasteiger charge is -2.20. The molecule has 100 valence electrons. The van der Waals surface area contributed by atoms with Gasteiger partial charge in [0.05, 0.1) is 13.2 Å². The Morgan fingerprint density at radius 3 is 2.89 bits per heavy atom. The minimum Gasteiger partial charge on any atom is -0.383 e. The molecule has 0 aliphatic heterocycles. The van der Waals surface area contributed by atoms with Crippen molar-refractivity contribution in [2.24, 2.45) is 0 Å². The number of carbonyl (C=O) groups is 2. The Bertz CT molecular complexity index is 378. The third kappa shape index (κ3) is 4.54. The Labute approximate surface area is 105 Å². The molecular weight excluding hydrogens is 238 g/mol. The molecule has 0 fully saturated rings. The highest BCUT2D eigenvalue weighted by Crippen LogP contribution is 2.02. The molecule has 7 nitrogen and oxygen atoms in total. The molecule has 1 N–H and O–H groups in total. The number of methoxy groups -OCH3 is 1. The summed E-state index contributed by atoms with van der Waals surface area (Å²) in [7, 11) is 1.55. The van der Waals surface area contributed by atoms with E-state index in [1.54, 1.807) is 14.0 Å². The third-order valence-electron chi connectivity index (χ3n) is 2.26. The van der Waals surface area contributed by atoms with Gasteiger partial charge in [0.2, 0.25) is 11.8 Å². The number of amides is 2. The van der Waals surface area contributed by atoms with E-state index in [2.05, 4.69) is 15.0 Å². The van der Waals surface area contributed by atoms with Crippen molar-refractivity contribution in [3.63, 3.8) is 0 Å². The van der Waals surface area contributed by atoms with Gasteiger partial charge in [-0.15, -0.1) is 0 Å². The summed E-state index contributed by atoms with van der Waals surface area (Å²) in [6.07, 6.45) is 1.70. The van der Waals surface area contributed by atoms with Crippen molar-refractivity contribution in [3.8, 4) is 0 Å². The maximum atomic E-state index is 11.7. The van der Waals surface area contributed by atoms with Crippen LogP contribution in [0.3, 0.4) is 0 Å². The van der Waals surface area contributed by atoms with Gasteiger partial charge >= 0.3 is 0 Å². The summed E-state index contributed by atoms with van der Waals surface area (Å²) >= 11 is 0. The number of ether oxygens (including phenoxy) is 1. The standard InChI is InChI=1S/C11H17N3O4/c1-3-11(16)14(5-7-17-2)8-10(15)12-9-4-6-18-13-9/h4,6H,3,5,7-8H2,1-2H3,(H,12,13,15). The van der Waals surface area contributed by atoms with Crippen LogP contribution in [0.5, 0.6) is 0 Å². The third-order valence-corrected chi connectivity index (χ3v) is 2.26. The zero-order valence-corrected chi connectivity index (χ0v) is 10.5. The number of rotatable bonds is 7. The molecule has 0 aliphatic carbocycles. The fourth-order valence-electron chi connectivity index (χ4n) is 1.35. The average molecular weight is 255 g/mol. The van der Waals surface area contributed by atoms with Crippen molar-refractivity contribution in [2.45, 2.75) is 13.3 Å². The molecule has 0 radical (unpaired) electrons. The Kier molecular flexibility index (Phi) is 5.86. The minimum atomic E-state index is -0.318. The molecule has 18 heavy (non-hydrogen) atoms. The Morgan fingerprint density at radius 2 is 2.33 bits per heavy atom. The van der Waals surface area contributed by atoms with E-state index in [1.807, 2.05) is 0 Å². The first-order chi connectivity index (χ1) is 8.67. The molecule has 2 amide bonds. The Morgan fingerprint density at radius 1 is 1.56 bits per heavy atom. The molecule has 0 spiro atoms. The fraction of sp³-hybridized carbons (Fsp3) is 0.545. The molecule has 0 saturated carbocycles. The quantitative estimate of drug-likeness (QED) is 0.766. The van der Waals surface area contributed by atoms with Crippen LogP contribution in [-0.4, -0.2) is 48.7 Å². The lowest BCUT2D eigenvalue weighted by molar-refractivity contribution is -0.135. The van der Waals surface area contributed by atoms with Crippen LogP contribution in [0.15, 0.2) is 16.9 Å². The number of hydrogen-bond donors (Lipinski definition) is 1. The summed E-state index contributed by atoms with van der Waals surface area (Å²) in [4.78, 5) is 24.7. The number of aromatic nitrogens is 1. The summed E-state index contributed by atoms with van der Waals surface area (Å²) in [6.45, 7) is 2.50. The molecule has 0 saturated heterocycles. The number of anilines is 1. The lowest BCUT2D eigenvalue weighted by atomic mass is 10.3. The number of nitrogens with zero attached hydrogens (tertiary/aromatic N) is 2. The van der Waals surface area contributed by atoms with E-state index in [-0.39, 0.29) is 18.4 Å². The highest BCUT2D eigenvalue weighted by Gasteiger charge is 2.15. The maximum absolute atomic E-state index is 11.7. The topological polar surface area (TPSA) is 84.7 Å². The van der Waals surface area contributed by atoms with Crippen molar-refractivity contribution in [3.05, 3.63) is 12.3 Å². The SMILES string of the molecule is CCC(=O)N(CCOC)CC(=O)Nc1ccon1. The molecular formula is C11H17N3O4. The van der Waals surface area contributed by atoms with Crippen molar-refractivity contribution < 1.29 is 18.8 Å². The first-order valence-electron chi connectivity index (χ1n) is 5.64. The molecule has 0 bridgehead atoms. The zero-order valence-electron chi connectivity index (χ0n) is 10.5. The lowest BCUT2D eigenvalue weighted by Crippen LogP contribution is -2.39. The second kappa shape index (κ2) is 7.44. The van der Waals surface area contributed by atoms with Crippen molar-refractivity contribution in [1.29, 1.82) is 0 Å². The van der Waals surface area contributed by atoms with E-state index in [1.165, 1.54) is 17.2 Å². The molecule has 1 heterocycles. The molecule has 0 unspecified atom stereocenters. The largest absolute Gasteiger partial charge is 0.383 e. The van der Waals surface area contributed by atoms with E-state index < -0.39 is 0 Å². The predicted octanol–water partition coefficient (Wildman–Crippen LogP) is 0.498. The first kappa shape index (κ1) is 14.2. The summed E-state index contributed by atoms with van der Waals surface area (Å²) in [5.74, 6) is -0.0835. The molecule has 0 atom stereocenters. The number of hydrogen-bond acceptors (Lipinski definition) is 5. The minimum absolute atomic E-state index is 0.0249. The molecule has 1 rings (SSSR count). The fourth-order valence-corrected chi connectivity index (χ4v) is 1.35. The Hall–Kier alpha value is -1.89. The monoisotopic (exact) mass is 255 g/mol. The van der Waals surface area contributed by atoms with Gasteiger partial charge in [0.1, 0.15) is 6.26 Å². The molecule has 1 aromatic heterocycles. The average Bonchev–Trinajstić information content (AvgIpc) is 2.86. The van der Waals surface area contributed by atoms with E-state index >= 15 is 0 Å². The van der Waals surface area contributed by atoms with Gasteiger partial charge in [-0.1, -0.05) is 12.1 Å². The van der Waals surface area contributed by atoms with Gasteiger partial charge in [-0.25, -0.2) is 0 Å². The molecule has 7 heteroatoms. The summed E-state index contributed by atoms with van der Waals surface area (Å²) in [5.41, 5.74) is 0. The highest BCUT2D eigenvalue weighted by molar-refractivity contribution is 5.93. The van der Waals surface area contributed by atoms with Gasteiger partial charge in [-0.3, -0.25) is 9.59 Å². The van der Waals surface area contributed by atoms with Gasteiger partial charge in [0.15, 0.2) is 5.82 Å². The van der Waals surface area contributed by atoms with Crippen molar-refractivity contribution in [1.82, 2.24) is 10.1 Å². The van der Waals surface area contributed by atoms with Crippen LogP contribution < -0.4 is 5.32 Å². The maximum Gasteiger partial charge on any atom is 0.245 e. The van der Waals surface area contributed by atoms with Crippen LogP contribution >= 0.6 is 0 Å². The number of carbonyl (C=O) groups excluding carboxylic acids is 2. The first-order valence-corrected chi connectivity index (χ1v) is 5.64. The Balaban J connectivity index is 2.48. The van der Waals surface area contributed by atoms with Gasteiger partial charge in [-0.05, 0) is 0 Å². The van der Waals surface area contributed by atoms with Crippen LogP contribution in [0, 0.1) is 0 Å². The summed E-state index contributed by atoms with van der Waals surface area (Å²) < 4.78 is 9.49. The van der Waals surface area contributed by atoms with Crippen molar-refractivity contribution in [2.75, 3.05) is 32.1 Å². The van der Waals surface area contributed by atoms with Crippen LogP contribution in [-0.2, 0) is 14.3 Å². The van der Waals surface area contributed by atoms with E-state index in [9.17, 15) is 9.59 Å². The van der Waals surface area contributed by atoms with E-state index in [0.29, 0.717) is 25.4 Å². The van der Waals surface area contributed by atoms with Gasteiger partial charge in [0.25, 0.3) is 0 Å². The van der Waals surface area contributed by atoms with Crippen LogP contribution in [0.4, 0.5) is 5.82 Å². The number of nitrogens with one attached hydrogen (secondary N) is 1. The zero-order chi connectivity index (χ0) is 13.4. The van der Waals surface area contributed by atoms with Gasteiger partial charge in [0, 0.05) is 26.1 Å². The van der Waals surface area contributed by atoms with Gasteiger partial charge in [-0.2, -0.15) is 0 Å². The summed E-state index contributed by atoms with van der Waals surface area (Å²) in [5, 5.41) is 6.08. The highest BCUT2D eigenvalue weighted by atomic mass is 16.5. The van der Waals surface area contributed by atoms with Crippen LogP contribution in [0.2, 0.25) is 0 Å². The smallest absolute Gasteiger partial charge is 0.245 e. The van der Waals surface area contributed by atoms with Crippen LogP contribution in [0.1, 0.15) is 13.3 Å². The van der Waals surface area contributed by atoms with E-state index in [4.69, 9.17) is 4.74 Å². The second-order valence-corrected chi connectivity index (χ2v) is 3.59. The molecule has 0 aliphatic rings. The van der Waals surface area contributed by atoms with Gasteiger partial charge < -0.3 is 19.5 Å². The molecule has 0 aromatic carbocycles. The van der Waals surface area contributed by atoms with E-state index in [0.717, 1.165) is 0 Å². The second-order valence-electron chi connectivity index (χ2n) is 3.59.